The van der Waals surface area contributed by atoms with Gasteiger partial charge in [0.2, 0.25) is 0 Å². The molecule has 0 radical (unpaired) electrons. The van der Waals surface area contributed by atoms with E-state index < -0.39 is 21.6 Å². The van der Waals surface area contributed by atoms with E-state index in [1.165, 1.54) is 6.33 Å². The van der Waals surface area contributed by atoms with E-state index in [1.54, 1.807) is 18.3 Å². The Kier molecular flexibility index (Phi) is 6.65. The van der Waals surface area contributed by atoms with Crippen LogP contribution in [-0.4, -0.2) is 54.9 Å². The van der Waals surface area contributed by atoms with Gasteiger partial charge in [0, 0.05) is 50.8 Å². The Morgan fingerprint density at radius 1 is 1.35 bits per heavy atom. The summed E-state index contributed by atoms with van der Waals surface area (Å²) in [4.78, 5) is 10.8. The molecular weight excluding hydrogens is 431 g/mol. The second-order valence-electron chi connectivity index (χ2n) is 7.68. The summed E-state index contributed by atoms with van der Waals surface area (Å²) in [6, 6.07) is 4.97. The van der Waals surface area contributed by atoms with Crippen LogP contribution >= 0.6 is 0 Å². The molecule has 1 aliphatic heterocycles. The lowest BCUT2D eigenvalue weighted by Crippen LogP contribution is -2.46. The van der Waals surface area contributed by atoms with Crippen molar-refractivity contribution in [1.82, 2.24) is 14.3 Å². The number of aromatic amines is 1. The standard InChI is InChI=1S/C20H26F3N5O2S/c1-4-5-6-18-13-27(31(29,30)20(21,22)23)11-15-9-17(26(2)3)7-8-19(15)28(18)12-16-10-24-14-25-16/h4,7-10,14,18H,1,5-6,11-13H2,2-3H3,(H,24,25). The van der Waals surface area contributed by atoms with Crippen molar-refractivity contribution in [2.75, 3.05) is 30.4 Å². The molecular formula is C20H26F3N5O2S. The van der Waals surface area contributed by atoms with Gasteiger partial charge < -0.3 is 14.8 Å². The molecule has 2 heterocycles. The first-order valence-electron chi connectivity index (χ1n) is 9.76. The number of hydrogen-bond donors (Lipinski definition) is 1. The van der Waals surface area contributed by atoms with Crippen LogP contribution in [0.4, 0.5) is 24.5 Å². The highest BCUT2D eigenvalue weighted by atomic mass is 32.2. The predicted octanol–water partition coefficient (Wildman–Crippen LogP) is 3.48. The van der Waals surface area contributed by atoms with E-state index in [0.29, 0.717) is 34.9 Å². The summed E-state index contributed by atoms with van der Waals surface area (Å²) in [5, 5.41) is 0. The number of anilines is 2. The minimum absolute atomic E-state index is 0.282. The van der Waals surface area contributed by atoms with E-state index >= 15 is 0 Å². The highest BCUT2D eigenvalue weighted by molar-refractivity contribution is 7.89. The van der Waals surface area contributed by atoms with E-state index in [0.717, 1.165) is 11.4 Å². The fraction of sp³-hybridized carbons (Fsp3) is 0.450. The average Bonchev–Trinajstić information content (AvgIpc) is 3.15. The molecule has 1 atom stereocenters. The van der Waals surface area contributed by atoms with Crippen molar-refractivity contribution < 1.29 is 21.6 Å². The smallest absolute Gasteiger partial charge is 0.378 e. The molecule has 0 fully saturated rings. The van der Waals surface area contributed by atoms with Crippen LogP contribution in [-0.2, 0) is 23.1 Å². The molecule has 0 aliphatic carbocycles. The van der Waals surface area contributed by atoms with Crippen LogP contribution in [0.3, 0.4) is 0 Å². The molecule has 0 saturated heterocycles. The maximum Gasteiger partial charge on any atom is 0.511 e. The van der Waals surface area contributed by atoms with Gasteiger partial charge in [-0.25, -0.2) is 13.4 Å². The van der Waals surface area contributed by atoms with Crippen LogP contribution in [0.25, 0.3) is 0 Å². The Morgan fingerprint density at radius 3 is 2.68 bits per heavy atom. The number of alkyl halides is 3. The molecule has 1 aromatic heterocycles. The van der Waals surface area contributed by atoms with Gasteiger partial charge >= 0.3 is 15.5 Å². The van der Waals surface area contributed by atoms with Gasteiger partial charge in [-0.05, 0) is 36.6 Å². The first-order valence-corrected chi connectivity index (χ1v) is 11.2. The Balaban J connectivity index is 2.13. The van der Waals surface area contributed by atoms with Crippen LogP contribution in [0.15, 0.2) is 43.4 Å². The van der Waals surface area contributed by atoms with Crippen LogP contribution in [0, 0.1) is 0 Å². The number of benzene rings is 1. The number of hydrogen-bond acceptors (Lipinski definition) is 5. The second-order valence-corrected chi connectivity index (χ2v) is 9.60. The number of allylic oxidation sites excluding steroid dienone is 1. The lowest BCUT2D eigenvalue weighted by atomic mass is 10.1. The zero-order valence-electron chi connectivity index (χ0n) is 17.4. The second kappa shape index (κ2) is 8.91. The Labute approximate surface area is 180 Å². The molecule has 170 valence electrons. The van der Waals surface area contributed by atoms with Gasteiger partial charge in [0.1, 0.15) is 0 Å². The monoisotopic (exact) mass is 457 g/mol. The summed E-state index contributed by atoms with van der Waals surface area (Å²) in [6.45, 7) is 3.42. The molecule has 0 bridgehead atoms. The van der Waals surface area contributed by atoms with E-state index in [2.05, 4.69) is 16.5 Å². The van der Waals surface area contributed by atoms with Gasteiger partial charge in [-0.1, -0.05) is 6.08 Å². The van der Waals surface area contributed by atoms with Gasteiger partial charge in [-0.15, -0.1) is 6.58 Å². The first-order chi connectivity index (χ1) is 14.5. The third-order valence-electron chi connectivity index (χ3n) is 5.32. The number of imidazole rings is 1. The van der Waals surface area contributed by atoms with Gasteiger partial charge in [0.05, 0.1) is 18.6 Å². The SMILES string of the molecule is C=CCCC1CN(S(=O)(=O)C(F)(F)F)Cc2cc(N(C)C)ccc2N1Cc1cnc[nH]1. The van der Waals surface area contributed by atoms with Crippen LogP contribution < -0.4 is 9.80 Å². The fourth-order valence-corrected chi connectivity index (χ4v) is 4.67. The normalized spacial score (nSPS) is 17.8. The minimum atomic E-state index is -5.49. The fourth-order valence-electron chi connectivity index (χ4n) is 3.70. The van der Waals surface area contributed by atoms with Crippen molar-refractivity contribution in [1.29, 1.82) is 0 Å². The van der Waals surface area contributed by atoms with Crippen molar-refractivity contribution in [2.24, 2.45) is 0 Å². The Bertz CT molecular complexity index is 1010. The molecule has 7 nitrogen and oxygen atoms in total. The average molecular weight is 458 g/mol. The van der Waals surface area contributed by atoms with Crippen LogP contribution in [0.5, 0.6) is 0 Å². The van der Waals surface area contributed by atoms with Gasteiger partial charge in [-0.2, -0.15) is 17.5 Å². The van der Waals surface area contributed by atoms with E-state index in [9.17, 15) is 21.6 Å². The summed E-state index contributed by atoms with van der Waals surface area (Å²) in [6.07, 6.45) is 5.85. The van der Waals surface area contributed by atoms with Crippen molar-refractivity contribution in [3.8, 4) is 0 Å². The highest BCUT2D eigenvalue weighted by Gasteiger charge is 2.51. The third kappa shape index (κ3) is 4.87. The summed E-state index contributed by atoms with van der Waals surface area (Å²) in [7, 11) is -1.86. The number of sulfonamides is 1. The topological polar surface area (TPSA) is 72.5 Å². The van der Waals surface area contributed by atoms with Crippen molar-refractivity contribution in [2.45, 2.75) is 37.5 Å². The Hall–Kier alpha value is -2.53. The highest BCUT2D eigenvalue weighted by Crippen LogP contribution is 2.37. The quantitative estimate of drug-likeness (QED) is 0.645. The maximum absolute atomic E-state index is 13.4. The third-order valence-corrected chi connectivity index (χ3v) is 6.87. The van der Waals surface area contributed by atoms with E-state index in [-0.39, 0.29) is 13.1 Å². The minimum Gasteiger partial charge on any atom is -0.378 e. The molecule has 1 N–H and O–H groups in total. The molecule has 1 unspecified atom stereocenters. The number of rotatable bonds is 7. The lowest BCUT2D eigenvalue weighted by molar-refractivity contribution is -0.0492. The molecule has 0 saturated carbocycles. The molecule has 11 heteroatoms. The number of aromatic nitrogens is 2. The number of fused-ring (bicyclic) bond motifs is 1. The van der Waals surface area contributed by atoms with Crippen LogP contribution in [0.2, 0.25) is 0 Å². The Morgan fingerprint density at radius 2 is 2.10 bits per heavy atom. The lowest BCUT2D eigenvalue weighted by Gasteiger charge is -2.34. The van der Waals surface area contributed by atoms with Crippen molar-refractivity contribution >= 4 is 21.4 Å². The number of nitrogens with zero attached hydrogens (tertiary/aromatic N) is 4. The van der Waals surface area contributed by atoms with E-state index in [1.807, 2.05) is 36.0 Å². The number of H-pyrrole nitrogens is 1. The molecule has 2 aromatic rings. The van der Waals surface area contributed by atoms with Crippen molar-refractivity contribution in [3.05, 3.63) is 54.6 Å². The molecule has 31 heavy (non-hydrogen) atoms. The summed E-state index contributed by atoms with van der Waals surface area (Å²) in [5.74, 6) is 0. The zero-order valence-corrected chi connectivity index (χ0v) is 18.2. The molecule has 0 spiro atoms. The summed E-state index contributed by atoms with van der Waals surface area (Å²) >= 11 is 0. The molecule has 3 rings (SSSR count). The maximum atomic E-state index is 13.4. The number of nitrogens with one attached hydrogen (secondary N) is 1. The van der Waals surface area contributed by atoms with Gasteiger partial charge in [-0.3, -0.25) is 0 Å². The van der Waals surface area contributed by atoms with Crippen molar-refractivity contribution in [3.63, 3.8) is 0 Å². The summed E-state index contributed by atoms with van der Waals surface area (Å²) < 4.78 is 65.6. The first kappa shape index (κ1) is 23.1. The van der Waals surface area contributed by atoms with Gasteiger partial charge in [0.15, 0.2) is 0 Å². The van der Waals surface area contributed by atoms with Gasteiger partial charge in [0.25, 0.3) is 0 Å². The number of halogens is 3. The predicted molar refractivity (Wildman–Crippen MR) is 114 cm³/mol. The van der Waals surface area contributed by atoms with Crippen LogP contribution in [0.1, 0.15) is 24.1 Å². The van der Waals surface area contributed by atoms with E-state index in [4.69, 9.17) is 0 Å². The zero-order chi connectivity index (χ0) is 22.8. The molecule has 1 aliphatic rings. The molecule has 0 amide bonds. The largest absolute Gasteiger partial charge is 0.511 e. The molecule has 1 aromatic carbocycles. The summed E-state index contributed by atoms with van der Waals surface area (Å²) in [5.41, 5.74) is -2.60.